The molecule has 2 aliphatic rings. The topological polar surface area (TPSA) is 84.9 Å². The Balaban J connectivity index is 1.67. The highest BCUT2D eigenvalue weighted by molar-refractivity contribution is 5.89. The molecular formula is C22H30N2O5. The SMILES string of the molecule is COC(=O)c1ccc([C@H](C)NC(=O)[C@H]2CCC3CC3N2C(=O)OC(C)(C)C)cc1. The molecular weight excluding hydrogens is 372 g/mol. The summed E-state index contributed by atoms with van der Waals surface area (Å²) in [6.07, 6.45) is 2.11. The molecule has 1 heterocycles. The van der Waals surface area contributed by atoms with Crippen LogP contribution in [0.4, 0.5) is 4.79 Å². The number of nitrogens with one attached hydrogen (secondary N) is 1. The van der Waals surface area contributed by atoms with E-state index in [2.05, 4.69) is 5.32 Å². The number of carbonyl (C=O) groups is 3. The zero-order valence-corrected chi connectivity index (χ0v) is 17.7. The van der Waals surface area contributed by atoms with E-state index in [1.54, 1.807) is 29.2 Å². The smallest absolute Gasteiger partial charge is 0.411 e. The maximum atomic E-state index is 13.0. The highest BCUT2D eigenvalue weighted by atomic mass is 16.6. The van der Waals surface area contributed by atoms with E-state index >= 15 is 0 Å². The van der Waals surface area contributed by atoms with Crippen molar-refractivity contribution < 1.29 is 23.9 Å². The Morgan fingerprint density at radius 3 is 2.38 bits per heavy atom. The molecule has 2 fully saturated rings. The summed E-state index contributed by atoms with van der Waals surface area (Å²) in [6, 6.07) is 6.25. The molecule has 158 valence electrons. The van der Waals surface area contributed by atoms with Crippen LogP contribution in [0.15, 0.2) is 24.3 Å². The van der Waals surface area contributed by atoms with Gasteiger partial charge in [0.25, 0.3) is 0 Å². The molecule has 0 bridgehead atoms. The summed E-state index contributed by atoms with van der Waals surface area (Å²) >= 11 is 0. The van der Waals surface area contributed by atoms with E-state index in [0.717, 1.165) is 18.4 Å². The first kappa shape index (κ1) is 21.1. The van der Waals surface area contributed by atoms with E-state index in [9.17, 15) is 14.4 Å². The number of methoxy groups -OCH3 is 1. The molecule has 1 aromatic rings. The van der Waals surface area contributed by atoms with Crippen LogP contribution in [0.5, 0.6) is 0 Å². The molecule has 0 aromatic heterocycles. The van der Waals surface area contributed by atoms with Crippen molar-refractivity contribution in [1.29, 1.82) is 0 Å². The second-order valence-electron chi connectivity index (χ2n) is 8.89. The van der Waals surface area contributed by atoms with Crippen LogP contribution in [0.3, 0.4) is 0 Å². The van der Waals surface area contributed by atoms with Gasteiger partial charge in [-0.1, -0.05) is 12.1 Å². The summed E-state index contributed by atoms with van der Waals surface area (Å²) in [5.74, 6) is -0.0944. The number of hydrogen-bond acceptors (Lipinski definition) is 5. The highest BCUT2D eigenvalue weighted by Crippen LogP contribution is 2.46. The normalized spacial score (nSPS) is 24.2. The lowest BCUT2D eigenvalue weighted by Crippen LogP contribution is -2.54. The summed E-state index contributed by atoms with van der Waals surface area (Å²) < 4.78 is 10.3. The molecule has 29 heavy (non-hydrogen) atoms. The highest BCUT2D eigenvalue weighted by Gasteiger charge is 2.53. The van der Waals surface area contributed by atoms with E-state index in [1.165, 1.54) is 7.11 Å². The van der Waals surface area contributed by atoms with Crippen molar-refractivity contribution in [2.45, 2.75) is 70.7 Å². The molecule has 2 amide bonds. The molecule has 7 heteroatoms. The fourth-order valence-corrected chi connectivity index (χ4v) is 3.88. The van der Waals surface area contributed by atoms with Gasteiger partial charge in [0.05, 0.1) is 18.7 Å². The predicted molar refractivity (Wildman–Crippen MR) is 107 cm³/mol. The van der Waals surface area contributed by atoms with Crippen molar-refractivity contribution in [2.24, 2.45) is 5.92 Å². The van der Waals surface area contributed by atoms with Crippen molar-refractivity contribution in [1.82, 2.24) is 10.2 Å². The zero-order valence-electron chi connectivity index (χ0n) is 17.7. The molecule has 4 atom stereocenters. The van der Waals surface area contributed by atoms with E-state index in [-0.39, 0.29) is 18.0 Å². The molecule has 2 unspecified atom stereocenters. The minimum absolute atomic E-state index is 0.101. The number of fused-ring (bicyclic) bond motifs is 1. The largest absolute Gasteiger partial charge is 0.465 e. The van der Waals surface area contributed by atoms with Crippen molar-refractivity contribution >= 4 is 18.0 Å². The average Bonchev–Trinajstić information content (AvgIpc) is 3.44. The lowest BCUT2D eigenvalue weighted by molar-refractivity contribution is -0.128. The van der Waals surface area contributed by atoms with Crippen molar-refractivity contribution in [2.75, 3.05) is 7.11 Å². The molecule has 1 aliphatic carbocycles. The minimum atomic E-state index is -0.603. The molecule has 1 aliphatic heterocycles. The van der Waals surface area contributed by atoms with Crippen LogP contribution < -0.4 is 5.32 Å². The average molecular weight is 402 g/mol. The Kier molecular flexibility index (Phi) is 5.87. The summed E-state index contributed by atoms with van der Waals surface area (Å²) in [7, 11) is 1.34. The number of carbonyl (C=O) groups excluding carboxylic acids is 3. The first-order valence-corrected chi connectivity index (χ1v) is 10.1. The summed E-state index contributed by atoms with van der Waals surface area (Å²) in [5.41, 5.74) is 0.724. The predicted octanol–water partition coefficient (Wildman–Crippen LogP) is 3.44. The number of piperidine rings is 1. The van der Waals surface area contributed by atoms with E-state index in [0.29, 0.717) is 17.9 Å². The summed E-state index contributed by atoms with van der Waals surface area (Å²) in [4.78, 5) is 39.0. The second-order valence-corrected chi connectivity index (χ2v) is 8.89. The van der Waals surface area contributed by atoms with Crippen LogP contribution in [-0.4, -0.2) is 47.7 Å². The molecule has 0 spiro atoms. The molecule has 1 N–H and O–H groups in total. The van der Waals surface area contributed by atoms with Gasteiger partial charge in [0.1, 0.15) is 11.6 Å². The number of hydrogen-bond donors (Lipinski definition) is 1. The molecule has 1 saturated heterocycles. The molecule has 7 nitrogen and oxygen atoms in total. The van der Waals surface area contributed by atoms with Crippen molar-refractivity contribution in [3.05, 3.63) is 35.4 Å². The molecule has 1 saturated carbocycles. The fourth-order valence-electron chi connectivity index (χ4n) is 3.88. The number of nitrogens with zero attached hydrogens (tertiary/aromatic N) is 1. The van der Waals surface area contributed by atoms with Crippen LogP contribution in [0.2, 0.25) is 0 Å². The Bertz CT molecular complexity index is 783. The van der Waals surface area contributed by atoms with Crippen LogP contribution in [0, 0.1) is 5.92 Å². The third kappa shape index (κ3) is 4.89. The Hall–Kier alpha value is -2.57. The maximum absolute atomic E-state index is 13.0. The number of rotatable bonds is 4. The molecule has 0 radical (unpaired) electrons. The van der Waals surface area contributed by atoms with E-state index < -0.39 is 23.7 Å². The fraction of sp³-hybridized carbons (Fsp3) is 0.591. The molecule has 3 rings (SSSR count). The van der Waals surface area contributed by atoms with E-state index in [1.807, 2.05) is 27.7 Å². The van der Waals surface area contributed by atoms with Gasteiger partial charge in [0.2, 0.25) is 5.91 Å². The zero-order chi connectivity index (χ0) is 21.3. The number of likely N-dealkylation sites (tertiary alicyclic amines) is 1. The number of ether oxygens (including phenoxy) is 2. The van der Waals surface area contributed by atoms with Gasteiger partial charge >= 0.3 is 12.1 Å². The first-order valence-electron chi connectivity index (χ1n) is 10.1. The minimum Gasteiger partial charge on any atom is -0.465 e. The third-order valence-electron chi connectivity index (χ3n) is 5.49. The van der Waals surface area contributed by atoms with Crippen LogP contribution >= 0.6 is 0 Å². The molecule has 1 aromatic carbocycles. The van der Waals surface area contributed by atoms with Gasteiger partial charge in [0, 0.05) is 6.04 Å². The number of esters is 1. The summed E-state index contributed by atoms with van der Waals surface area (Å²) in [6.45, 7) is 7.36. The lowest BCUT2D eigenvalue weighted by Gasteiger charge is -2.36. The van der Waals surface area contributed by atoms with Gasteiger partial charge in [-0.3, -0.25) is 9.69 Å². The van der Waals surface area contributed by atoms with Gasteiger partial charge in [-0.15, -0.1) is 0 Å². The Morgan fingerprint density at radius 2 is 1.79 bits per heavy atom. The Labute approximate surface area is 171 Å². The Morgan fingerprint density at radius 1 is 1.14 bits per heavy atom. The van der Waals surface area contributed by atoms with Gasteiger partial charge in [-0.05, 0) is 70.6 Å². The number of amides is 2. The van der Waals surface area contributed by atoms with Gasteiger partial charge in [0.15, 0.2) is 0 Å². The van der Waals surface area contributed by atoms with Gasteiger partial charge < -0.3 is 14.8 Å². The number of benzene rings is 1. The maximum Gasteiger partial charge on any atom is 0.411 e. The van der Waals surface area contributed by atoms with Gasteiger partial charge in [-0.25, -0.2) is 9.59 Å². The standard InChI is InChI=1S/C22H30N2O5/c1-13(14-6-8-15(9-7-14)20(26)28-5)23-19(25)17-11-10-16-12-18(16)24(17)21(27)29-22(2,3)4/h6-9,13,16-18H,10-12H2,1-5H3,(H,23,25)/t13-,16?,17+,18?/m0/s1. The van der Waals surface area contributed by atoms with Crippen molar-refractivity contribution in [3.8, 4) is 0 Å². The van der Waals surface area contributed by atoms with Crippen LogP contribution in [-0.2, 0) is 14.3 Å². The van der Waals surface area contributed by atoms with Crippen molar-refractivity contribution in [3.63, 3.8) is 0 Å². The first-order chi connectivity index (χ1) is 13.6. The lowest BCUT2D eigenvalue weighted by atomic mass is 10.0. The third-order valence-corrected chi connectivity index (χ3v) is 5.49. The van der Waals surface area contributed by atoms with Gasteiger partial charge in [-0.2, -0.15) is 0 Å². The van der Waals surface area contributed by atoms with E-state index in [4.69, 9.17) is 9.47 Å². The summed E-state index contributed by atoms with van der Waals surface area (Å²) in [5, 5.41) is 3.01. The van der Waals surface area contributed by atoms with Crippen LogP contribution in [0.1, 0.15) is 68.9 Å². The quantitative estimate of drug-likeness (QED) is 0.780. The van der Waals surface area contributed by atoms with Crippen LogP contribution in [0.25, 0.3) is 0 Å². The second kappa shape index (κ2) is 8.05. The monoisotopic (exact) mass is 402 g/mol.